The number of aryl methyl sites for hydroxylation is 2. The van der Waals surface area contributed by atoms with E-state index in [1.165, 1.54) is 11.8 Å². The first kappa shape index (κ1) is 15.9. The summed E-state index contributed by atoms with van der Waals surface area (Å²) >= 11 is 7.33. The molecule has 0 bridgehead atoms. The minimum absolute atomic E-state index is 0.0916. The van der Waals surface area contributed by atoms with Gasteiger partial charge in [-0.25, -0.2) is 0 Å². The Labute approximate surface area is 133 Å². The molecule has 1 amide bonds. The van der Waals surface area contributed by atoms with E-state index >= 15 is 0 Å². The molecule has 0 aliphatic heterocycles. The van der Waals surface area contributed by atoms with Crippen LogP contribution in [0.2, 0.25) is 5.02 Å². The highest BCUT2D eigenvalue weighted by Gasteiger charge is 2.18. The molecule has 1 aromatic heterocycles. The lowest BCUT2D eigenvalue weighted by Crippen LogP contribution is -2.23. The lowest BCUT2D eigenvalue weighted by Gasteiger charge is -2.13. The van der Waals surface area contributed by atoms with Gasteiger partial charge >= 0.3 is 0 Å². The highest BCUT2D eigenvalue weighted by Crippen LogP contribution is 2.24. The van der Waals surface area contributed by atoms with Gasteiger partial charge in [-0.3, -0.25) is 4.79 Å². The first-order valence-electron chi connectivity index (χ1n) is 6.48. The van der Waals surface area contributed by atoms with Crippen molar-refractivity contribution in [2.75, 3.05) is 5.32 Å². The van der Waals surface area contributed by atoms with E-state index in [1.54, 1.807) is 12.1 Å². The monoisotopic (exact) mass is 324 g/mol. The van der Waals surface area contributed by atoms with Crippen LogP contribution < -0.4 is 5.32 Å². The highest BCUT2D eigenvalue weighted by atomic mass is 35.5. The number of nitrogens with one attached hydrogen (secondary N) is 1. The fourth-order valence-corrected chi connectivity index (χ4v) is 2.70. The van der Waals surface area contributed by atoms with Crippen LogP contribution in [0.5, 0.6) is 0 Å². The third kappa shape index (κ3) is 3.77. The molecule has 21 heavy (non-hydrogen) atoms. The predicted octanol–water partition coefficient (Wildman–Crippen LogP) is 3.20. The van der Waals surface area contributed by atoms with Crippen molar-refractivity contribution < 1.29 is 4.79 Å². The average Bonchev–Trinajstić information content (AvgIpc) is 2.74. The van der Waals surface area contributed by atoms with Gasteiger partial charge in [0.2, 0.25) is 5.91 Å². The lowest BCUT2D eigenvalue weighted by molar-refractivity contribution is -0.115. The van der Waals surface area contributed by atoms with Crippen LogP contribution in [0.1, 0.15) is 18.3 Å². The van der Waals surface area contributed by atoms with Gasteiger partial charge in [-0.05, 0) is 38.5 Å². The summed E-state index contributed by atoms with van der Waals surface area (Å²) in [6.45, 7) is 5.64. The number of amides is 1. The molecule has 0 spiro atoms. The van der Waals surface area contributed by atoms with Gasteiger partial charge in [-0.2, -0.15) is 0 Å². The molecule has 0 fully saturated rings. The van der Waals surface area contributed by atoms with Crippen LogP contribution in [-0.4, -0.2) is 25.9 Å². The molecule has 1 heterocycles. The molecule has 2 aromatic rings. The van der Waals surface area contributed by atoms with Crippen LogP contribution in [0.15, 0.2) is 23.4 Å². The van der Waals surface area contributed by atoms with Gasteiger partial charge in [0.1, 0.15) is 5.82 Å². The molecule has 1 aromatic carbocycles. The molecule has 0 saturated carbocycles. The van der Waals surface area contributed by atoms with E-state index < -0.39 is 0 Å². The van der Waals surface area contributed by atoms with E-state index in [-0.39, 0.29) is 11.2 Å². The summed E-state index contributed by atoms with van der Waals surface area (Å²) in [7, 11) is 1.88. The number of benzene rings is 1. The summed E-state index contributed by atoms with van der Waals surface area (Å²) in [4.78, 5) is 12.3. The van der Waals surface area contributed by atoms with E-state index in [4.69, 9.17) is 11.6 Å². The zero-order chi connectivity index (χ0) is 15.6. The molecule has 5 nitrogen and oxygen atoms in total. The van der Waals surface area contributed by atoms with Gasteiger partial charge in [-0.15, -0.1) is 10.2 Å². The van der Waals surface area contributed by atoms with Crippen molar-refractivity contribution in [3.8, 4) is 0 Å². The van der Waals surface area contributed by atoms with Gasteiger partial charge in [0, 0.05) is 17.8 Å². The maximum Gasteiger partial charge on any atom is 0.237 e. The molecule has 1 N–H and O–H groups in total. The van der Waals surface area contributed by atoms with Crippen molar-refractivity contribution in [2.24, 2.45) is 7.05 Å². The van der Waals surface area contributed by atoms with Crippen molar-refractivity contribution in [3.63, 3.8) is 0 Å². The average molecular weight is 325 g/mol. The zero-order valence-electron chi connectivity index (χ0n) is 12.3. The minimum Gasteiger partial charge on any atom is -0.325 e. The Kier molecular flexibility index (Phi) is 4.90. The Balaban J connectivity index is 2.06. The van der Waals surface area contributed by atoms with Gasteiger partial charge in [0.25, 0.3) is 0 Å². The van der Waals surface area contributed by atoms with Crippen LogP contribution in [0, 0.1) is 13.8 Å². The zero-order valence-corrected chi connectivity index (χ0v) is 13.9. The maximum atomic E-state index is 12.3. The molecule has 0 radical (unpaired) electrons. The third-order valence-electron chi connectivity index (χ3n) is 3.16. The molecule has 2 rings (SSSR count). The van der Waals surface area contributed by atoms with Crippen LogP contribution in [-0.2, 0) is 11.8 Å². The number of anilines is 1. The van der Waals surface area contributed by atoms with Gasteiger partial charge in [0.05, 0.1) is 5.25 Å². The second-order valence-corrected chi connectivity index (χ2v) is 6.54. The Morgan fingerprint density at radius 3 is 2.71 bits per heavy atom. The molecule has 0 unspecified atom stereocenters. The van der Waals surface area contributed by atoms with Crippen molar-refractivity contribution in [1.29, 1.82) is 0 Å². The number of nitrogens with zero attached hydrogens (tertiary/aromatic N) is 3. The van der Waals surface area contributed by atoms with Gasteiger partial charge < -0.3 is 9.88 Å². The summed E-state index contributed by atoms with van der Waals surface area (Å²) < 4.78 is 1.86. The Morgan fingerprint density at radius 1 is 1.38 bits per heavy atom. The number of carbonyl (C=O) groups excluding carboxylic acids is 1. The van der Waals surface area contributed by atoms with E-state index in [9.17, 15) is 4.79 Å². The summed E-state index contributed by atoms with van der Waals surface area (Å²) in [6, 6.07) is 5.42. The highest BCUT2D eigenvalue weighted by molar-refractivity contribution is 8.00. The minimum atomic E-state index is -0.286. The van der Waals surface area contributed by atoms with Crippen LogP contribution in [0.25, 0.3) is 0 Å². The van der Waals surface area contributed by atoms with Gasteiger partial charge in [0.15, 0.2) is 5.16 Å². The van der Waals surface area contributed by atoms with E-state index in [0.29, 0.717) is 5.02 Å². The van der Waals surface area contributed by atoms with Crippen molar-refractivity contribution in [1.82, 2.24) is 14.8 Å². The van der Waals surface area contributed by atoms with E-state index in [2.05, 4.69) is 15.5 Å². The molecular weight excluding hydrogens is 308 g/mol. The molecule has 7 heteroatoms. The number of thioether (sulfide) groups is 1. The van der Waals surface area contributed by atoms with Crippen molar-refractivity contribution in [3.05, 3.63) is 34.6 Å². The maximum absolute atomic E-state index is 12.3. The normalized spacial score (nSPS) is 12.2. The van der Waals surface area contributed by atoms with Crippen LogP contribution in [0.3, 0.4) is 0 Å². The molecule has 0 aliphatic rings. The van der Waals surface area contributed by atoms with Crippen LogP contribution in [0.4, 0.5) is 5.69 Å². The molecule has 1 atom stereocenters. The Hall–Kier alpha value is -1.53. The number of carbonyl (C=O) groups is 1. The summed E-state index contributed by atoms with van der Waals surface area (Å²) in [5, 5.41) is 12.0. The SMILES string of the molecule is Cc1ccc(Cl)cc1NC(=O)[C@H](C)Sc1nnc(C)n1C. The van der Waals surface area contributed by atoms with Crippen molar-refractivity contribution >= 4 is 35.0 Å². The number of hydrogen-bond donors (Lipinski definition) is 1. The van der Waals surface area contributed by atoms with Gasteiger partial charge in [-0.1, -0.05) is 29.4 Å². The number of halogens is 1. The first-order valence-corrected chi connectivity index (χ1v) is 7.74. The smallest absolute Gasteiger partial charge is 0.237 e. The predicted molar refractivity (Wildman–Crippen MR) is 85.9 cm³/mol. The van der Waals surface area contributed by atoms with E-state index in [1.807, 2.05) is 38.5 Å². The number of rotatable bonds is 4. The fraction of sp³-hybridized carbons (Fsp3) is 0.357. The Morgan fingerprint density at radius 2 is 2.10 bits per heavy atom. The third-order valence-corrected chi connectivity index (χ3v) is 4.53. The van der Waals surface area contributed by atoms with E-state index in [0.717, 1.165) is 22.2 Å². The quantitative estimate of drug-likeness (QED) is 0.877. The summed E-state index contributed by atoms with van der Waals surface area (Å²) in [5.41, 5.74) is 1.70. The molecule has 0 aliphatic carbocycles. The fourth-order valence-electron chi connectivity index (χ4n) is 1.67. The number of aromatic nitrogens is 3. The summed E-state index contributed by atoms with van der Waals surface area (Å²) in [5.74, 6) is 0.724. The molecule has 0 saturated heterocycles. The first-order chi connectivity index (χ1) is 9.88. The molecular formula is C14H17ClN4OS. The second-order valence-electron chi connectivity index (χ2n) is 4.80. The van der Waals surface area contributed by atoms with Crippen LogP contribution >= 0.6 is 23.4 Å². The van der Waals surface area contributed by atoms with Crippen molar-refractivity contribution in [2.45, 2.75) is 31.2 Å². The Bertz CT molecular complexity index is 671. The standard InChI is InChI=1S/C14H17ClN4OS/c1-8-5-6-11(15)7-12(8)16-13(20)9(2)21-14-18-17-10(3)19(14)4/h5-7,9H,1-4H3,(H,16,20)/t9-/m0/s1. The largest absolute Gasteiger partial charge is 0.325 e. The second kappa shape index (κ2) is 6.49. The summed E-state index contributed by atoms with van der Waals surface area (Å²) in [6.07, 6.45) is 0. The lowest BCUT2D eigenvalue weighted by atomic mass is 10.2. The number of hydrogen-bond acceptors (Lipinski definition) is 4. The molecule has 112 valence electrons. The topological polar surface area (TPSA) is 59.8 Å².